The van der Waals surface area contributed by atoms with Gasteiger partial charge in [-0.25, -0.2) is 4.98 Å². The Kier molecular flexibility index (Phi) is 3.50. The average molecular weight is 278 g/mol. The molecule has 2 nitrogen and oxygen atoms in total. The summed E-state index contributed by atoms with van der Waals surface area (Å²) in [5.74, 6) is 0. The van der Waals surface area contributed by atoms with E-state index in [0.29, 0.717) is 6.04 Å². The summed E-state index contributed by atoms with van der Waals surface area (Å²) in [4.78, 5) is 7.77. The summed E-state index contributed by atoms with van der Waals surface area (Å²) in [6.45, 7) is 5.37. The molecule has 2 aromatic heterocycles. The van der Waals surface area contributed by atoms with Gasteiger partial charge in [0.15, 0.2) is 0 Å². The Labute approximate surface area is 116 Å². The first-order chi connectivity index (χ1) is 8.79. The van der Waals surface area contributed by atoms with Crippen LogP contribution in [0.5, 0.6) is 0 Å². The molecule has 0 spiro atoms. The second kappa shape index (κ2) is 5.11. The highest BCUT2D eigenvalue weighted by Crippen LogP contribution is 2.39. The summed E-state index contributed by atoms with van der Waals surface area (Å²) in [7, 11) is 0. The molecule has 0 saturated heterocycles. The van der Waals surface area contributed by atoms with Crippen molar-refractivity contribution in [3.05, 3.63) is 27.6 Å². The third kappa shape index (κ3) is 2.13. The fourth-order valence-electron chi connectivity index (χ4n) is 2.55. The molecule has 96 valence electrons. The van der Waals surface area contributed by atoms with Gasteiger partial charge in [-0.15, -0.1) is 22.7 Å². The van der Waals surface area contributed by atoms with Crippen LogP contribution in [0.2, 0.25) is 0 Å². The second-order valence-electron chi connectivity index (χ2n) is 4.76. The number of rotatable bonds is 3. The molecule has 0 aromatic carbocycles. The predicted molar refractivity (Wildman–Crippen MR) is 79.5 cm³/mol. The zero-order valence-electron chi connectivity index (χ0n) is 10.8. The van der Waals surface area contributed by atoms with Gasteiger partial charge in [0.2, 0.25) is 0 Å². The van der Waals surface area contributed by atoms with Crippen LogP contribution in [0.3, 0.4) is 0 Å². The van der Waals surface area contributed by atoms with Gasteiger partial charge in [-0.3, -0.25) is 0 Å². The van der Waals surface area contributed by atoms with Crippen LogP contribution in [0.15, 0.2) is 11.4 Å². The molecule has 0 radical (unpaired) electrons. The lowest BCUT2D eigenvalue weighted by Crippen LogP contribution is -2.24. The normalized spacial score (nSPS) is 18.9. The molecule has 18 heavy (non-hydrogen) atoms. The zero-order valence-corrected chi connectivity index (χ0v) is 12.5. The van der Waals surface area contributed by atoms with E-state index in [-0.39, 0.29) is 0 Å². The van der Waals surface area contributed by atoms with Gasteiger partial charge in [-0.05, 0) is 49.7 Å². The summed E-state index contributed by atoms with van der Waals surface area (Å²) >= 11 is 3.70. The van der Waals surface area contributed by atoms with Crippen LogP contribution >= 0.6 is 22.7 Å². The SMILES string of the molecule is CCNC1CCCc2sc(-c3sccc3C)nc21. The van der Waals surface area contributed by atoms with E-state index in [0.717, 1.165) is 6.54 Å². The van der Waals surface area contributed by atoms with Crippen LogP contribution in [-0.2, 0) is 6.42 Å². The number of nitrogens with zero attached hydrogens (tertiary/aromatic N) is 1. The third-order valence-electron chi connectivity index (χ3n) is 3.46. The largest absolute Gasteiger partial charge is 0.309 e. The number of fused-ring (bicyclic) bond motifs is 1. The first kappa shape index (κ1) is 12.3. The molecule has 3 rings (SSSR count). The van der Waals surface area contributed by atoms with E-state index in [1.165, 1.54) is 45.3 Å². The Morgan fingerprint density at radius 1 is 1.50 bits per heavy atom. The van der Waals surface area contributed by atoms with Crippen LogP contribution in [0.4, 0.5) is 0 Å². The molecule has 1 atom stereocenters. The van der Waals surface area contributed by atoms with Crippen LogP contribution in [0.25, 0.3) is 9.88 Å². The standard InChI is InChI=1S/C14H18N2S2/c1-3-15-10-5-4-6-11-12(10)16-14(18-11)13-9(2)7-8-17-13/h7-8,10,15H,3-6H2,1-2H3. The average Bonchev–Trinajstić information content (AvgIpc) is 2.95. The Morgan fingerprint density at radius 2 is 2.39 bits per heavy atom. The highest BCUT2D eigenvalue weighted by Gasteiger charge is 2.24. The molecular weight excluding hydrogens is 260 g/mol. The number of nitrogens with one attached hydrogen (secondary N) is 1. The quantitative estimate of drug-likeness (QED) is 0.911. The summed E-state index contributed by atoms with van der Waals surface area (Å²) in [5.41, 5.74) is 2.67. The lowest BCUT2D eigenvalue weighted by atomic mass is 9.98. The Hall–Kier alpha value is -0.710. The van der Waals surface area contributed by atoms with Gasteiger partial charge in [0.25, 0.3) is 0 Å². The summed E-state index contributed by atoms with van der Waals surface area (Å²) < 4.78 is 0. The van der Waals surface area contributed by atoms with Gasteiger partial charge in [0, 0.05) is 4.88 Å². The van der Waals surface area contributed by atoms with Crippen molar-refractivity contribution in [1.29, 1.82) is 0 Å². The third-order valence-corrected chi connectivity index (χ3v) is 5.76. The minimum Gasteiger partial charge on any atom is -0.309 e. The molecule has 1 N–H and O–H groups in total. The van der Waals surface area contributed by atoms with Crippen molar-refractivity contribution in [2.45, 2.75) is 39.2 Å². The molecule has 0 aliphatic heterocycles. The van der Waals surface area contributed by atoms with Gasteiger partial charge in [-0.2, -0.15) is 0 Å². The lowest BCUT2D eigenvalue weighted by Gasteiger charge is -2.21. The molecule has 0 amide bonds. The minimum absolute atomic E-state index is 0.476. The Balaban J connectivity index is 1.98. The molecule has 2 heterocycles. The highest BCUT2D eigenvalue weighted by atomic mass is 32.1. The molecule has 4 heteroatoms. The predicted octanol–water partition coefficient (Wildman–Crippen LogP) is 4.17. The number of hydrogen-bond acceptors (Lipinski definition) is 4. The van der Waals surface area contributed by atoms with Crippen LogP contribution in [0, 0.1) is 6.92 Å². The van der Waals surface area contributed by atoms with E-state index in [9.17, 15) is 0 Å². The first-order valence-electron chi connectivity index (χ1n) is 6.57. The maximum absolute atomic E-state index is 4.92. The van der Waals surface area contributed by atoms with E-state index < -0.39 is 0 Å². The number of aryl methyl sites for hydroxylation is 2. The number of aromatic nitrogens is 1. The highest BCUT2D eigenvalue weighted by molar-refractivity contribution is 7.21. The van der Waals surface area contributed by atoms with Gasteiger partial charge in [0.1, 0.15) is 5.01 Å². The van der Waals surface area contributed by atoms with E-state index in [1.807, 2.05) is 22.7 Å². The molecule has 1 unspecified atom stereocenters. The van der Waals surface area contributed by atoms with E-state index in [2.05, 4.69) is 30.6 Å². The van der Waals surface area contributed by atoms with E-state index >= 15 is 0 Å². The van der Waals surface area contributed by atoms with Crippen molar-refractivity contribution >= 4 is 22.7 Å². The van der Waals surface area contributed by atoms with Crippen LogP contribution in [-0.4, -0.2) is 11.5 Å². The topological polar surface area (TPSA) is 24.9 Å². The Morgan fingerprint density at radius 3 is 3.11 bits per heavy atom. The van der Waals surface area contributed by atoms with Crippen molar-refractivity contribution in [3.8, 4) is 9.88 Å². The van der Waals surface area contributed by atoms with Crippen molar-refractivity contribution in [3.63, 3.8) is 0 Å². The van der Waals surface area contributed by atoms with E-state index in [4.69, 9.17) is 4.98 Å². The zero-order chi connectivity index (χ0) is 12.5. The minimum atomic E-state index is 0.476. The van der Waals surface area contributed by atoms with Crippen molar-refractivity contribution in [1.82, 2.24) is 10.3 Å². The molecule has 1 aliphatic carbocycles. The molecule has 1 aliphatic rings. The molecular formula is C14H18N2S2. The fourth-order valence-corrected chi connectivity index (χ4v) is 4.80. The summed E-state index contributed by atoms with van der Waals surface area (Å²) in [5, 5.41) is 6.94. The monoisotopic (exact) mass is 278 g/mol. The summed E-state index contributed by atoms with van der Waals surface area (Å²) in [6, 6.07) is 2.66. The number of thiazole rings is 1. The van der Waals surface area contributed by atoms with Crippen molar-refractivity contribution in [2.75, 3.05) is 6.54 Å². The first-order valence-corrected chi connectivity index (χ1v) is 8.26. The van der Waals surface area contributed by atoms with Crippen molar-refractivity contribution < 1.29 is 0 Å². The second-order valence-corrected chi connectivity index (χ2v) is 6.76. The smallest absolute Gasteiger partial charge is 0.134 e. The fraction of sp³-hybridized carbons (Fsp3) is 0.500. The van der Waals surface area contributed by atoms with E-state index in [1.54, 1.807) is 0 Å². The lowest BCUT2D eigenvalue weighted by molar-refractivity contribution is 0.465. The molecule has 0 fully saturated rings. The van der Waals surface area contributed by atoms with Crippen LogP contribution < -0.4 is 5.32 Å². The van der Waals surface area contributed by atoms with Gasteiger partial charge in [0.05, 0.1) is 16.6 Å². The van der Waals surface area contributed by atoms with Gasteiger partial charge < -0.3 is 5.32 Å². The Bertz CT molecular complexity index is 542. The van der Waals surface area contributed by atoms with Gasteiger partial charge >= 0.3 is 0 Å². The number of hydrogen-bond donors (Lipinski definition) is 1. The molecule has 2 aromatic rings. The summed E-state index contributed by atoms with van der Waals surface area (Å²) in [6.07, 6.45) is 3.72. The number of thiophene rings is 1. The van der Waals surface area contributed by atoms with Gasteiger partial charge in [-0.1, -0.05) is 6.92 Å². The van der Waals surface area contributed by atoms with Crippen molar-refractivity contribution in [2.24, 2.45) is 0 Å². The maximum Gasteiger partial charge on any atom is 0.134 e. The molecule has 0 bridgehead atoms. The van der Waals surface area contributed by atoms with Crippen LogP contribution in [0.1, 0.15) is 41.9 Å². The maximum atomic E-state index is 4.92. The molecule has 0 saturated carbocycles.